The van der Waals surface area contributed by atoms with Crippen LogP contribution in [-0.2, 0) is 9.53 Å². The summed E-state index contributed by atoms with van der Waals surface area (Å²) in [5.41, 5.74) is 0. The summed E-state index contributed by atoms with van der Waals surface area (Å²) in [7, 11) is 0. The van der Waals surface area contributed by atoms with Crippen LogP contribution < -0.4 is 5.32 Å². The van der Waals surface area contributed by atoms with E-state index in [-0.39, 0.29) is 6.10 Å². The Kier molecular flexibility index (Phi) is 3.36. The predicted molar refractivity (Wildman–Crippen MR) is 41.8 cm³/mol. The highest BCUT2D eigenvalue weighted by Gasteiger charge is 2.20. The molecule has 0 aromatic heterocycles. The molecule has 0 aromatic carbocycles. The van der Waals surface area contributed by atoms with Gasteiger partial charge in [0.05, 0.1) is 0 Å². The van der Waals surface area contributed by atoms with E-state index in [2.05, 4.69) is 5.32 Å². The van der Waals surface area contributed by atoms with E-state index in [1.54, 1.807) is 0 Å². The van der Waals surface area contributed by atoms with Crippen LogP contribution in [0.4, 0.5) is 0 Å². The van der Waals surface area contributed by atoms with Gasteiger partial charge in [0.25, 0.3) is 0 Å². The largest absolute Gasteiger partial charge is 0.454 e. The van der Waals surface area contributed by atoms with E-state index in [0.717, 1.165) is 25.9 Å². The van der Waals surface area contributed by atoms with Gasteiger partial charge < -0.3 is 10.1 Å². The maximum atomic E-state index is 9.90. The van der Waals surface area contributed by atoms with E-state index in [1.807, 2.05) is 6.92 Å². The third-order valence-electron chi connectivity index (χ3n) is 2.28. The first-order valence-corrected chi connectivity index (χ1v) is 4.08. The Morgan fingerprint density at radius 3 is 2.73 bits per heavy atom. The fraction of sp³-hybridized carbons (Fsp3) is 0.875. The Hall–Kier alpha value is -0.570. The van der Waals surface area contributed by atoms with Crippen LogP contribution in [0.2, 0.25) is 0 Å². The zero-order valence-corrected chi connectivity index (χ0v) is 6.80. The van der Waals surface area contributed by atoms with E-state index < -0.39 is 0 Å². The molecule has 1 rings (SSSR count). The highest BCUT2D eigenvalue weighted by molar-refractivity contribution is 5.38. The van der Waals surface area contributed by atoms with Crippen molar-refractivity contribution in [3.63, 3.8) is 0 Å². The number of piperidine rings is 1. The second kappa shape index (κ2) is 4.34. The van der Waals surface area contributed by atoms with Gasteiger partial charge in [-0.3, -0.25) is 0 Å². The van der Waals surface area contributed by atoms with Gasteiger partial charge in [0, 0.05) is 0 Å². The lowest BCUT2D eigenvalue weighted by molar-refractivity contribution is 0.111. The first-order chi connectivity index (χ1) is 5.34. The average Bonchev–Trinajstić information content (AvgIpc) is 2.07. The van der Waals surface area contributed by atoms with Crippen molar-refractivity contribution in [2.45, 2.75) is 25.9 Å². The van der Waals surface area contributed by atoms with Crippen molar-refractivity contribution in [1.29, 1.82) is 0 Å². The molecule has 0 aliphatic carbocycles. The molecule has 0 aromatic rings. The Morgan fingerprint density at radius 1 is 1.55 bits per heavy atom. The lowest BCUT2D eigenvalue weighted by Gasteiger charge is -2.26. The fourth-order valence-electron chi connectivity index (χ4n) is 1.49. The Bertz CT molecular complexity index is 121. The van der Waals surface area contributed by atoms with E-state index >= 15 is 0 Å². The number of rotatable bonds is 3. The van der Waals surface area contributed by atoms with Crippen molar-refractivity contribution in [2.75, 3.05) is 13.1 Å². The summed E-state index contributed by atoms with van der Waals surface area (Å²) in [5.74, 6) is 0.526. The molecule has 0 bridgehead atoms. The van der Waals surface area contributed by atoms with Crippen LogP contribution >= 0.6 is 0 Å². The smallest absolute Gasteiger partial charge is 0.417 e. The second-order valence-corrected chi connectivity index (χ2v) is 2.99. The average molecular weight is 156 g/mol. The second-order valence-electron chi connectivity index (χ2n) is 2.99. The predicted octanol–water partition coefficient (Wildman–Crippen LogP) is 0.458. The van der Waals surface area contributed by atoms with Gasteiger partial charge >= 0.3 is 6.47 Å². The van der Waals surface area contributed by atoms with E-state index in [0.29, 0.717) is 5.92 Å². The number of nitrogens with one attached hydrogen (secondary N) is 1. The van der Waals surface area contributed by atoms with Crippen molar-refractivity contribution in [3.05, 3.63) is 0 Å². The van der Waals surface area contributed by atoms with Crippen molar-refractivity contribution >= 4 is 6.47 Å². The van der Waals surface area contributed by atoms with Gasteiger partial charge in [0.15, 0.2) is 0 Å². The monoisotopic (exact) mass is 156 g/mol. The third-order valence-corrected chi connectivity index (χ3v) is 2.28. The van der Waals surface area contributed by atoms with Crippen molar-refractivity contribution in [3.8, 4) is 0 Å². The van der Waals surface area contributed by atoms with Gasteiger partial charge in [-0.05, 0) is 38.8 Å². The van der Waals surface area contributed by atoms with E-state index in [1.165, 1.54) is 6.47 Å². The van der Waals surface area contributed by atoms with Crippen LogP contribution in [0.15, 0.2) is 0 Å². The summed E-state index contributed by atoms with van der Waals surface area (Å²) in [6.07, 6.45) is 2.24. The molecule has 1 N–H and O–H groups in total. The van der Waals surface area contributed by atoms with Gasteiger partial charge in [-0.25, -0.2) is 4.79 Å². The normalized spacial score (nSPS) is 22.6. The standard InChI is InChI=1S/C8H14NO2/c1-7(11-6-10)8-2-4-9-5-3-8/h7-9H,2-5H2,1H3. The van der Waals surface area contributed by atoms with Crippen LogP contribution in [0.25, 0.3) is 0 Å². The minimum Gasteiger partial charge on any atom is -0.454 e. The molecule has 1 saturated heterocycles. The SMILES string of the molecule is CC(O[C]=O)C1CCNCC1. The molecule has 0 saturated carbocycles. The number of hydrogen-bond donors (Lipinski definition) is 1. The molecule has 0 amide bonds. The summed E-state index contributed by atoms with van der Waals surface area (Å²) in [6.45, 7) is 5.50. The molecule has 0 spiro atoms. The molecular weight excluding hydrogens is 142 g/mol. The van der Waals surface area contributed by atoms with Crippen molar-refractivity contribution < 1.29 is 9.53 Å². The third kappa shape index (κ3) is 2.50. The lowest BCUT2D eigenvalue weighted by Crippen LogP contribution is -2.33. The number of hydrogen-bond acceptors (Lipinski definition) is 3. The molecule has 1 fully saturated rings. The summed E-state index contributed by atoms with van der Waals surface area (Å²) in [6, 6.07) is 0. The maximum absolute atomic E-state index is 9.90. The van der Waals surface area contributed by atoms with Gasteiger partial charge in [-0.15, -0.1) is 0 Å². The quantitative estimate of drug-likeness (QED) is 0.645. The Labute approximate surface area is 67.1 Å². The molecule has 1 unspecified atom stereocenters. The van der Waals surface area contributed by atoms with Crippen molar-refractivity contribution in [1.82, 2.24) is 5.32 Å². The number of ether oxygens (including phenoxy) is 1. The molecule has 63 valence electrons. The van der Waals surface area contributed by atoms with Crippen LogP contribution in [0, 0.1) is 5.92 Å². The minimum absolute atomic E-state index is 0.0367. The summed E-state index contributed by atoms with van der Waals surface area (Å²) >= 11 is 0. The molecule has 1 radical (unpaired) electrons. The first-order valence-electron chi connectivity index (χ1n) is 4.08. The molecule has 3 nitrogen and oxygen atoms in total. The highest BCUT2D eigenvalue weighted by atomic mass is 16.5. The van der Waals surface area contributed by atoms with Crippen LogP contribution in [0.5, 0.6) is 0 Å². The Balaban J connectivity index is 2.26. The molecule has 11 heavy (non-hydrogen) atoms. The highest BCUT2D eigenvalue weighted by Crippen LogP contribution is 2.17. The van der Waals surface area contributed by atoms with Gasteiger partial charge in [-0.2, -0.15) is 0 Å². The summed E-state index contributed by atoms with van der Waals surface area (Å²) in [4.78, 5) is 9.90. The van der Waals surface area contributed by atoms with Crippen molar-refractivity contribution in [2.24, 2.45) is 5.92 Å². The summed E-state index contributed by atoms with van der Waals surface area (Å²) in [5, 5.41) is 3.26. The van der Waals surface area contributed by atoms with Gasteiger partial charge in [0.1, 0.15) is 6.10 Å². The topological polar surface area (TPSA) is 38.3 Å². The zero-order chi connectivity index (χ0) is 8.10. The fourth-order valence-corrected chi connectivity index (χ4v) is 1.49. The zero-order valence-electron chi connectivity index (χ0n) is 6.80. The van der Waals surface area contributed by atoms with Crippen LogP contribution in [0.1, 0.15) is 19.8 Å². The molecular formula is C8H14NO2. The van der Waals surface area contributed by atoms with Gasteiger partial charge in [-0.1, -0.05) is 0 Å². The first kappa shape index (κ1) is 8.53. The Morgan fingerprint density at radius 2 is 2.18 bits per heavy atom. The molecule has 1 aliphatic rings. The van der Waals surface area contributed by atoms with E-state index in [9.17, 15) is 4.79 Å². The summed E-state index contributed by atoms with van der Waals surface area (Å²) < 4.78 is 4.75. The van der Waals surface area contributed by atoms with Gasteiger partial charge in [0.2, 0.25) is 0 Å². The molecule has 1 aliphatic heterocycles. The van der Waals surface area contributed by atoms with E-state index in [4.69, 9.17) is 4.74 Å². The maximum Gasteiger partial charge on any atom is 0.417 e. The van der Waals surface area contributed by atoms with Crippen LogP contribution in [0.3, 0.4) is 0 Å². The van der Waals surface area contributed by atoms with Crippen LogP contribution in [-0.4, -0.2) is 25.7 Å². The lowest BCUT2D eigenvalue weighted by atomic mass is 9.93. The minimum atomic E-state index is 0.0367. The number of carbonyl (C=O) groups excluding carboxylic acids is 1. The molecule has 1 atom stereocenters. The molecule has 1 heterocycles. The molecule has 3 heteroatoms.